The lowest BCUT2D eigenvalue weighted by Crippen LogP contribution is -2.28. The fourth-order valence-corrected chi connectivity index (χ4v) is 3.69. The first-order chi connectivity index (χ1) is 11.7. The summed E-state index contributed by atoms with van der Waals surface area (Å²) in [4.78, 5) is 19.5. The molecule has 2 heterocycles. The highest BCUT2D eigenvalue weighted by Crippen LogP contribution is 2.17. The molecule has 126 valence electrons. The van der Waals surface area contributed by atoms with Gasteiger partial charge < -0.3 is 10.2 Å². The van der Waals surface area contributed by atoms with Gasteiger partial charge >= 0.3 is 0 Å². The minimum atomic E-state index is -1.10. The van der Waals surface area contributed by atoms with Crippen molar-refractivity contribution in [3.8, 4) is 0 Å². The second kappa shape index (κ2) is 8.06. The Bertz CT molecular complexity index is 698. The Morgan fingerprint density at radius 3 is 2.54 bits per heavy atom. The summed E-state index contributed by atoms with van der Waals surface area (Å²) in [6, 6.07) is 13.0. The van der Waals surface area contributed by atoms with E-state index in [1.54, 1.807) is 12.3 Å². The van der Waals surface area contributed by atoms with Gasteiger partial charge in [-0.2, -0.15) is 0 Å². The van der Waals surface area contributed by atoms with Crippen LogP contribution in [0, 0.1) is 0 Å². The molecule has 1 amide bonds. The molecule has 1 aliphatic heterocycles. The number of benzene rings is 1. The molecule has 0 saturated carbocycles. The SMILES string of the molecule is O=C(NCCS(=O)c1ccccc1)c1ccc(N2CCCC2)nc1. The summed E-state index contributed by atoms with van der Waals surface area (Å²) < 4.78 is 12.1. The maximum atomic E-state index is 12.1. The molecule has 2 aromatic rings. The van der Waals surface area contributed by atoms with Crippen molar-refractivity contribution in [3.63, 3.8) is 0 Å². The average molecular weight is 343 g/mol. The smallest absolute Gasteiger partial charge is 0.252 e. The van der Waals surface area contributed by atoms with Crippen LogP contribution in [0.1, 0.15) is 23.2 Å². The molecule has 1 aromatic carbocycles. The Morgan fingerprint density at radius 1 is 1.12 bits per heavy atom. The first kappa shape index (κ1) is 16.6. The maximum absolute atomic E-state index is 12.1. The highest BCUT2D eigenvalue weighted by molar-refractivity contribution is 7.85. The Morgan fingerprint density at radius 2 is 1.88 bits per heavy atom. The molecule has 24 heavy (non-hydrogen) atoms. The normalized spacial score (nSPS) is 15.2. The topological polar surface area (TPSA) is 62.3 Å². The van der Waals surface area contributed by atoms with Crippen LogP contribution in [-0.2, 0) is 10.8 Å². The van der Waals surface area contributed by atoms with Gasteiger partial charge in [0.15, 0.2) is 0 Å². The van der Waals surface area contributed by atoms with E-state index in [0.29, 0.717) is 17.9 Å². The van der Waals surface area contributed by atoms with Crippen molar-refractivity contribution in [1.29, 1.82) is 0 Å². The molecule has 1 N–H and O–H groups in total. The average Bonchev–Trinajstić information content (AvgIpc) is 3.17. The van der Waals surface area contributed by atoms with Crippen LogP contribution >= 0.6 is 0 Å². The lowest BCUT2D eigenvalue weighted by molar-refractivity contribution is 0.0956. The van der Waals surface area contributed by atoms with E-state index in [9.17, 15) is 9.00 Å². The molecule has 1 aliphatic rings. The number of nitrogens with one attached hydrogen (secondary N) is 1. The first-order valence-corrected chi connectivity index (χ1v) is 9.48. The highest BCUT2D eigenvalue weighted by atomic mass is 32.2. The standard InChI is InChI=1S/C18H21N3O2S/c22-18(19-10-13-24(23)16-6-2-1-3-7-16)15-8-9-17(20-14-15)21-11-4-5-12-21/h1-3,6-9,14H,4-5,10-13H2,(H,19,22). The molecular weight excluding hydrogens is 322 g/mol. The lowest BCUT2D eigenvalue weighted by atomic mass is 10.2. The molecule has 1 aromatic heterocycles. The quantitative estimate of drug-likeness (QED) is 0.874. The summed E-state index contributed by atoms with van der Waals surface area (Å²) in [6.07, 6.45) is 4.00. The summed E-state index contributed by atoms with van der Waals surface area (Å²) in [7, 11) is -1.10. The van der Waals surface area contributed by atoms with Crippen molar-refractivity contribution in [2.24, 2.45) is 0 Å². The molecule has 0 aliphatic carbocycles. The number of carbonyl (C=O) groups excluding carboxylic acids is 1. The number of nitrogens with zero attached hydrogens (tertiary/aromatic N) is 2. The van der Waals surface area contributed by atoms with Gasteiger partial charge in [-0.25, -0.2) is 4.98 Å². The van der Waals surface area contributed by atoms with Gasteiger partial charge in [0.25, 0.3) is 5.91 Å². The van der Waals surface area contributed by atoms with E-state index in [4.69, 9.17) is 0 Å². The minimum Gasteiger partial charge on any atom is -0.357 e. The molecule has 6 heteroatoms. The zero-order valence-corrected chi connectivity index (χ0v) is 14.3. The van der Waals surface area contributed by atoms with Crippen LogP contribution in [0.4, 0.5) is 5.82 Å². The molecule has 3 rings (SSSR count). The molecule has 0 spiro atoms. The van der Waals surface area contributed by atoms with E-state index >= 15 is 0 Å². The molecule has 1 saturated heterocycles. The van der Waals surface area contributed by atoms with Crippen molar-refractivity contribution in [2.75, 3.05) is 30.3 Å². The number of anilines is 1. The highest BCUT2D eigenvalue weighted by Gasteiger charge is 2.14. The largest absolute Gasteiger partial charge is 0.357 e. The van der Waals surface area contributed by atoms with E-state index in [1.807, 2.05) is 36.4 Å². The maximum Gasteiger partial charge on any atom is 0.252 e. The summed E-state index contributed by atoms with van der Waals surface area (Å²) in [5, 5.41) is 2.80. The van der Waals surface area contributed by atoms with Gasteiger partial charge in [0, 0.05) is 36.5 Å². The second-order valence-electron chi connectivity index (χ2n) is 5.72. The third-order valence-corrected chi connectivity index (χ3v) is 5.39. The zero-order valence-electron chi connectivity index (χ0n) is 13.5. The Hall–Kier alpha value is -2.21. The summed E-state index contributed by atoms with van der Waals surface area (Å²) in [5.74, 6) is 1.14. The van der Waals surface area contributed by atoms with Crippen LogP contribution in [-0.4, -0.2) is 40.5 Å². The van der Waals surface area contributed by atoms with E-state index < -0.39 is 10.8 Å². The second-order valence-corrected chi connectivity index (χ2v) is 7.29. The van der Waals surface area contributed by atoms with Gasteiger partial charge in [-0.15, -0.1) is 0 Å². The van der Waals surface area contributed by atoms with E-state index in [1.165, 1.54) is 12.8 Å². The molecule has 0 bridgehead atoms. The zero-order chi connectivity index (χ0) is 16.8. The fourth-order valence-electron chi connectivity index (χ4n) is 2.70. The van der Waals surface area contributed by atoms with Crippen molar-refractivity contribution in [3.05, 3.63) is 54.2 Å². The number of carbonyl (C=O) groups is 1. The predicted molar refractivity (Wildman–Crippen MR) is 95.7 cm³/mol. The molecule has 0 radical (unpaired) electrons. The number of rotatable bonds is 6. The van der Waals surface area contributed by atoms with Gasteiger partial charge in [0.05, 0.1) is 16.4 Å². The monoisotopic (exact) mass is 343 g/mol. The van der Waals surface area contributed by atoms with E-state index in [-0.39, 0.29) is 5.91 Å². The van der Waals surface area contributed by atoms with Crippen LogP contribution in [0.3, 0.4) is 0 Å². The summed E-state index contributed by atoms with van der Waals surface area (Å²) >= 11 is 0. The fraction of sp³-hybridized carbons (Fsp3) is 0.333. The van der Waals surface area contributed by atoms with E-state index in [2.05, 4.69) is 15.2 Å². The summed E-state index contributed by atoms with van der Waals surface area (Å²) in [5.41, 5.74) is 0.531. The van der Waals surface area contributed by atoms with Crippen LogP contribution in [0.5, 0.6) is 0 Å². The minimum absolute atomic E-state index is 0.180. The Balaban J connectivity index is 1.49. The molecule has 5 nitrogen and oxygen atoms in total. The van der Waals surface area contributed by atoms with E-state index in [0.717, 1.165) is 23.8 Å². The number of aromatic nitrogens is 1. The first-order valence-electron chi connectivity index (χ1n) is 8.17. The molecule has 1 atom stereocenters. The van der Waals surface area contributed by atoms with Crippen molar-refractivity contribution >= 4 is 22.5 Å². The van der Waals surface area contributed by atoms with Gasteiger partial charge in [-0.3, -0.25) is 9.00 Å². The molecule has 1 unspecified atom stereocenters. The Labute approximate surface area is 144 Å². The van der Waals surface area contributed by atoms with Gasteiger partial charge in [-0.05, 0) is 37.1 Å². The van der Waals surface area contributed by atoms with Crippen LogP contribution in [0.25, 0.3) is 0 Å². The summed E-state index contributed by atoms with van der Waals surface area (Å²) in [6.45, 7) is 2.43. The molecule has 1 fully saturated rings. The van der Waals surface area contributed by atoms with Crippen molar-refractivity contribution < 1.29 is 9.00 Å². The number of hydrogen-bond donors (Lipinski definition) is 1. The van der Waals surface area contributed by atoms with Crippen LogP contribution < -0.4 is 10.2 Å². The van der Waals surface area contributed by atoms with Crippen molar-refractivity contribution in [2.45, 2.75) is 17.7 Å². The third-order valence-electron chi connectivity index (χ3n) is 4.02. The van der Waals surface area contributed by atoms with Gasteiger partial charge in [0.1, 0.15) is 5.82 Å². The molecular formula is C18H21N3O2S. The number of amides is 1. The Kier molecular flexibility index (Phi) is 5.59. The van der Waals surface area contributed by atoms with Gasteiger partial charge in [0.2, 0.25) is 0 Å². The van der Waals surface area contributed by atoms with Crippen molar-refractivity contribution in [1.82, 2.24) is 10.3 Å². The number of hydrogen-bond acceptors (Lipinski definition) is 4. The van der Waals surface area contributed by atoms with Crippen LogP contribution in [0.2, 0.25) is 0 Å². The predicted octanol–water partition coefficient (Wildman–Crippen LogP) is 2.22. The lowest BCUT2D eigenvalue weighted by Gasteiger charge is -2.16. The van der Waals surface area contributed by atoms with Gasteiger partial charge in [-0.1, -0.05) is 18.2 Å². The van der Waals surface area contributed by atoms with Crippen LogP contribution in [0.15, 0.2) is 53.6 Å². The third kappa shape index (κ3) is 4.20. The number of pyridine rings is 1.